The lowest BCUT2D eigenvalue weighted by Crippen LogP contribution is -2.45. The Kier molecular flexibility index (Phi) is 7.88. The smallest absolute Gasteiger partial charge is 0.357 e. The third-order valence-electron chi connectivity index (χ3n) is 6.17. The molecule has 198 valence electrons. The van der Waals surface area contributed by atoms with Crippen LogP contribution in [0.25, 0.3) is 5.00 Å². The van der Waals surface area contributed by atoms with Crippen LogP contribution in [0.5, 0.6) is 0 Å². The van der Waals surface area contributed by atoms with E-state index in [4.69, 9.17) is 11.6 Å². The fraction of sp³-hybridized carbons (Fsp3) is 0.375. The molecule has 0 radical (unpaired) electrons. The van der Waals surface area contributed by atoms with Gasteiger partial charge in [0.1, 0.15) is 23.0 Å². The number of likely N-dealkylation sites (tertiary alicyclic amines) is 1. The Labute approximate surface area is 218 Å². The maximum atomic E-state index is 14.8. The lowest BCUT2D eigenvalue weighted by Gasteiger charge is -2.32. The Morgan fingerprint density at radius 2 is 2.00 bits per heavy atom. The molecule has 3 atom stereocenters. The summed E-state index contributed by atoms with van der Waals surface area (Å²) in [6.07, 6.45) is -1.17. The van der Waals surface area contributed by atoms with Crippen molar-refractivity contribution < 1.29 is 26.7 Å². The third kappa shape index (κ3) is 5.96. The maximum Gasteiger partial charge on any atom is 0.443 e. The fourth-order valence-corrected chi connectivity index (χ4v) is 5.16. The first-order valence-electron chi connectivity index (χ1n) is 11.3. The number of halogens is 6. The molecule has 0 saturated carbocycles. The zero-order valence-electron chi connectivity index (χ0n) is 19.8. The number of hydrogen-bond acceptors (Lipinski definition) is 5. The molecule has 0 unspecified atom stereocenters. The predicted molar refractivity (Wildman–Crippen MR) is 130 cm³/mol. The molecule has 0 aliphatic carbocycles. The lowest BCUT2D eigenvalue weighted by molar-refractivity contribution is -0.137. The number of alkyl halides is 4. The van der Waals surface area contributed by atoms with Gasteiger partial charge in [0.2, 0.25) is 5.91 Å². The summed E-state index contributed by atoms with van der Waals surface area (Å²) in [5.41, 5.74) is 1.93. The predicted octanol–water partition coefficient (Wildman–Crippen LogP) is 5.70. The van der Waals surface area contributed by atoms with Crippen molar-refractivity contribution in [2.45, 2.75) is 57.7 Å². The van der Waals surface area contributed by atoms with E-state index in [1.54, 1.807) is 30.9 Å². The first-order valence-corrected chi connectivity index (χ1v) is 12.5. The Morgan fingerprint density at radius 1 is 1.30 bits per heavy atom. The van der Waals surface area contributed by atoms with Crippen LogP contribution in [0.4, 0.5) is 22.0 Å². The van der Waals surface area contributed by atoms with Crippen molar-refractivity contribution in [2.24, 2.45) is 0 Å². The summed E-state index contributed by atoms with van der Waals surface area (Å²) in [5, 5.41) is 5.86. The quantitative estimate of drug-likeness (QED) is 0.377. The molecule has 0 bridgehead atoms. The molecule has 1 aliphatic heterocycles. The van der Waals surface area contributed by atoms with Crippen molar-refractivity contribution >= 4 is 28.8 Å². The van der Waals surface area contributed by atoms with Crippen molar-refractivity contribution in [3.05, 3.63) is 75.5 Å². The normalized spacial score (nSPS) is 20.5. The summed E-state index contributed by atoms with van der Waals surface area (Å²) >= 11 is 6.57. The third-order valence-corrected chi connectivity index (χ3v) is 7.52. The van der Waals surface area contributed by atoms with Gasteiger partial charge in [0.05, 0.1) is 12.2 Å². The number of nitrogens with one attached hydrogen (secondary N) is 1. The Balaban J connectivity index is 1.46. The van der Waals surface area contributed by atoms with Gasteiger partial charge >= 0.3 is 6.18 Å². The van der Waals surface area contributed by atoms with E-state index in [1.807, 2.05) is 6.08 Å². The molecule has 13 heteroatoms. The lowest BCUT2D eigenvalue weighted by atomic mass is 10.1. The largest absolute Gasteiger partial charge is 0.443 e. The number of thiazole rings is 1. The molecule has 1 amide bonds. The van der Waals surface area contributed by atoms with Crippen LogP contribution in [-0.4, -0.2) is 43.8 Å². The minimum absolute atomic E-state index is 0.00715. The Bertz CT molecular complexity index is 1290. The highest BCUT2D eigenvalue weighted by Crippen LogP contribution is 2.34. The first kappa shape index (κ1) is 27.1. The van der Waals surface area contributed by atoms with Gasteiger partial charge < -0.3 is 10.2 Å². The average Bonchev–Trinajstić information content (AvgIpc) is 3.55. The minimum atomic E-state index is -4.57. The topological polar surface area (TPSA) is 63.1 Å². The van der Waals surface area contributed by atoms with E-state index in [-0.39, 0.29) is 28.9 Å². The second kappa shape index (κ2) is 10.8. The monoisotopic (exact) mass is 559 g/mol. The molecule has 37 heavy (non-hydrogen) atoms. The fourth-order valence-electron chi connectivity index (χ4n) is 4.25. The molecular formula is C24H23ClF5N5OS. The second-order valence-corrected chi connectivity index (χ2v) is 9.97. The number of carbonyl (C=O) groups excluding carboxylic acids is 1. The molecule has 6 nitrogen and oxygen atoms in total. The highest BCUT2D eigenvalue weighted by Gasteiger charge is 2.43. The van der Waals surface area contributed by atoms with Crippen molar-refractivity contribution in [1.82, 2.24) is 25.0 Å². The standard InChI is InChI=1S/C24H23ClF5N5OS/c1-3-17(8-14-4-6-16(26)7-5-14)35-13(2)18(27)9-19(35)22(36)31-10-15-12-34(33-21(15)25)20-11-32-23(37-20)24(28,29)30/h3-7,11-13,18-19H,8-10H2,1-2H3,(H,31,36)/b17-3-/t13-,18+,19-/m0/s1. The van der Waals surface area contributed by atoms with Gasteiger partial charge in [-0.3, -0.25) is 4.79 Å². The van der Waals surface area contributed by atoms with Crippen molar-refractivity contribution in [3.8, 4) is 5.00 Å². The van der Waals surface area contributed by atoms with E-state index in [0.717, 1.165) is 17.5 Å². The number of hydrogen-bond donors (Lipinski definition) is 1. The van der Waals surface area contributed by atoms with Gasteiger partial charge in [0, 0.05) is 36.8 Å². The van der Waals surface area contributed by atoms with Gasteiger partial charge in [-0.05, 0) is 31.5 Å². The first-order chi connectivity index (χ1) is 17.5. The van der Waals surface area contributed by atoms with E-state index in [2.05, 4.69) is 15.4 Å². The Morgan fingerprint density at radius 3 is 2.62 bits per heavy atom. The minimum Gasteiger partial charge on any atom is -0.357 e. The van der Waals surface area contributed by atoms with Gasteiger partial charge in [-0.25, -0.2) is 18.4 Å². The molecule has 1 aliphatic rings. The summed E-state index contributed by atoms with van der Waals surface area (Å²) in [6.45, 7) is 3.45. The number of aromatic nitrogens is 3. The molecule has 0 spiro atoms. The van der Waals surface area contributed by atoms with Crippen LogP contribution in [-0.2, 0) is 23.9 Å². The van der Waals surface area contributed by atoms with Crippen LogP contribution in [0.3, 0.4) is 0 Å². The summed E-state index contributed by atoms with van der Waals surface area (Å²) in [5.74, 6) is -0.786. The molecule has 3 aromatic rings. The maximum absolute atomic E-state index is 14.8. The zero-order chi connectivity index (χ0) is 26.9. The summed E-state index contributed by atoms with van der Waals surface area (Å²) in [4.78, 5) is 18.2. The molecule has 1 aromatic carbocycles. The van der Waals surface area contributed by atoms with E-state index < -0.39 is 35.3 Å². The zero-order valence-corrected chi connectivity index (χ0v) is 21.3. The van der Waals surface area contributed by atoms with E-state index in [0.29, 0.717) is 23.3 Å². The van der Waals surface area contributed by atoms with Crippen molar-refractivity contribution in [3.63, 3.8) is 0 Å². The van der Waals surface area contributed by atoms with Crippen molar-refractivity contribution in [2.75, 3.05) is 0 Å². The number of allylic oxidation sites excluding steroid dienone is 2. The van der Waals surface area contributed by atoms with Gasteiger partial charge in [-0.2, -0.15) is 18.3 Å². The van der Waals surface area contributed by atoms with Gasteiger partial charge in [0.15, 0.2) is 10.2 Å². The van der Waals surface area contributed by atoms with Crippen molar-refractivity contribution in [1.29, 1.82) is 0 Å². The van der Waals surface area contributed by atoms with Gasteiger partial charge in [-0.15, -0.1) is 0 Å². The Hall–Kier alpha value is -2.99. The van der Waals surface area contributed by atoms with Crippen LogP contribution in [0, 0.1) is 5.82 Å². The molecule has 1 saturated heterocycles. The number of benzene rings is 1. The number of nitrogens with zero attached hydrogens (tertiary/aromatic N) is 4. The summed E-state index contributed by atoms with van der Waals surface area (Å²) in [7, 11) is 0. The highest BCUT2D eigenvalue weighted by atomic mass is 35.5. The summed E-state index contributed by atoms with van der Waals surface area (Å²) < 4.78 is 67.8. The van der Waals surface area contributed by atoms with E-state index in [9.17, 15) is 26.7 Å². The SMILES string of the molecule is C/C=C(/Cc1ccc(F)cc1)N1[C@H](C(=O)NCc2cn(-c3cnc(C(F)(F)F)s3)nc2Cl)C[C@@H](F)[C@@H]1C. The molecule has 2 aromatic heterocycles. The number of rotatable bonds is 7. The van der Waals surface area contributed by atoms with Gasteiger partial charge in [-0.1, -0.05) is 41.1 Å². The van der Waals surface area contributed by atoms with Gasteiger partial charge in [0.25, 0.3) is 0 Å². The molecule has 4 rings (SSSR count). The van der Waals surface area contributed by atoms with Crippen LogP contribution < -0.4 is 5.32 Å². The molecular weight excluding hydrogens is 537 g/mol. The van der Waals surface area contributed by atoms with Crippen LogP contribution >= 0.6 is 22.9 Å². The van der Waals surface area contributed by atoms with Crippen LogP contribution in [0.1, 0.15) is 36.4 Å². The highest BCUT2D eigenvalue weighted by molar-refractivity contribution is 7.14. The number of amides is 1. The molecule has 3 heterocycles. The number of carbonyl (C=O) groups is 1. The van der Waals surface area contributed by atoms with E-state index in [1.165, 1.54) is 23.0 Å². The second-order valence-electron chi connectivity index (χ2n) is 8.61. The molecule has 1 N–H and O–H groups in total. The average molecular weight is 560 g/mol. The van der Waals surface area contributed by atoms with Crippen LogP contribution in [0.2, 0.25) is 5.15 Å². The summed E-state index contributed by atoms with van der Waals surface area (Å²) in [6, 6.07) is 4.63. The van der Waals surface area contributed by atoms with E-state index >= 15 is 0 Å². The van der Waals surface area contributed by atoms with Crippen LogP contribution in [0.15, 0.2) is 48.4 Å². The molecule has 1 fully saturated rings.